The van der Waals surface area contributed by atoms with E-state index in [1.165, 1.54) is 30.5 Å². The summed E-state index contributed by atoms with van der Waals surface area (Å²) < 4.78 is 0. The van der Waals surface area contributed by atoms with Crippen LogP contribution in [0.15, 0.2) is 48.0 Å². The Morgan fingerprint density at radius 3 is 2.81 bits per heavy atom. The Bertz CT molecular complexity index is 364. The molecule has 0 aliphatic carbocycles. The number of hydrogen-bond donors (Lipinski definition) is 0. The minimum Gasteiger partial charge on any atom is -0.289 e. The van der Waals surface area contributed by atoms with E-state index >= 15 is 0 Å². The van der Waals surface area contributed by atoms with Gasteiger partial charge in [-0.2, -0.15) is 0 Å². The molecule has 0 N–H and O–H groups in total. The van der Waals surface area contributed by atoms with Crippen molar-refractivity contribution in [3.8, 4) is 0 Å². The van der Waals surface area contributed by atoms with E-state index < -0.39 is 0 Å². The van der Waals surface area contributed by atoms with Gasteiger partial charge < -0.3 is 0 Å². The van der Waals surface area contributed by atoms with Crippen molar-refractivity contribution >= 4 is 5.71 Å². The van der Waals surface area contributed by atoms with Gasteiger partial charge in [0.2, 0.25) is 0 Å². The van der Waals surface area contributed by atoms with Crippen LogP contribution >= 0.6 is 0 Å². The van der Waals surface area contributed by atoms with Crippen molar-refractivity contribution in [1.82, 2.24) is 0 Å². The zero-order valence-corrected chi connectivity index (χ0v) is 9.73. The topological polar surface area (TPSA) is 12.4 Å². The number of allylic oxidation sites excluding steroid dienone is 1. The number of aryl methyl sites for hydroxylation is 1. The highest BCUT2D eigenvalue weighted by atomic mass is 14.8. The van der Waals surface area contributed by atoms with Crippen molar-refractivity contribution < 1.29 is 0 Å². The first-order valence-electron chi connectivity index (χ1n) is 6.08. The molecular weight excluding hydrogens is 194 g/mol. The normalized spacial score (nSPS) is 19.5. The summed E-state index contributed by atoms with van der Waals surface area (Å²) in [6.07, 6.45) is 6.79. The fraction of sp³-hybridized carbons (Fsp3) is 0.400. The number of benzene rings is 1. The van der Waals surface area contributed by atoms with Crippen LogP contribution in [0.4, 0.5) is 0 Å². The Balaban J connectivity index is 1.68. The second kappa shape index (κ2) is 5.64. The molecule has 0 spiro atoms. The molecule has 84 valence electrons. The molecule has 1 atom stereocenters. The standard InChI is InChI=1S/C15H19N/c1-2-15-11-14(12-16-15)10-6-9-13-7-4-3-5-8-13/h2-5,7-8,14H,1,6,9-12H2. The molecule has 1 heterocycles. The lowest BCUT2D eigenvalue weighted by Crippen LogP contribution is -2.01. The summed E-state index contributed by atoms with van der Waals surface area (Å²) in [5.74, 6) is 0.761. The maximum absolute atomic E-state index is 4.46. The predicted molar refractivity (Wildman–Crippen MR) is 70.0 cm³/mol. The Labute approximate surface area is 97.9 Å². The molecule has 1 aliphatic heterocycles. The molecule has 0 saturated carbocycles. The largest absolute Gasteiger partial charge is 0.289 e. The van der Waals surface area contributed by atoms with Crippen LogP contribution in [0.5, 0.6) is 0 Å². The summed E-state index contributed by atoms with van der Waals surface area (Å²) >= 11 is 0. The number of rotatable bonds is 5. The fourth-order valence-corrected chi connectivity index (χ4v) is 2.25. The summed E-state index contributed by atoms with van der Waals surface area (Å²) in [5, 5.41) is 0. The van der Waals surface area contributed by atoms with E-state index in [0.29, 0.717) is 0 Å². The van der Waals surface area contributed by atoms with Gasteiger partial charge in [0.05, 0.1) is 0 Å². The van der Waals surface area contributed by atoms with Crippen molar-refractivity contribution in [3.05, 3.63) is 48.6 Å². The first-order chi connectivity index (χ1) is 7.88. The average molecular weight is 213 g/mol. The van der Waals surface area contributed by atoms with E-state index in [1.54, 1.807) is 0 Å². The van der Waals surface area contributed by atoms with Crippen molar-refractivity contribution in [2.45, 2.75) is 25.7 Å². The highest BCUT2D eigenvalue weighted by Crippen LogP contribution is 2.20. The minimum atomic E-state index is 0.761. The molecule has 16 heavy (non-hydrogen) atoms. The van der Waals surface area contributed by atoms with Crippen LogP contribution in [0, 0.1) is 5.92 Å². The predicted octanol–water partition coefficient (Wildman–Crippen LogP) is 3.66. The Hall–Kier alpha value is -1.37. The zero-order valence-electron chi connectivity index (χ0n) is 9.73. The van der Waals surface area contributed by atoms with Gasteiger partial charge in [-0.25, -0.2) is 0 Å². The van der Waals surface area contributed by atoms with Gasteiger partial charge in [0.15, 0.2) is 0 Å². The smallest absolute Gasteiger partial charge is 0.0424 e. The van der Waals surface area contributed by atoms with E-state index in [4.69, 9.17) is 0 Å². The maximum Gasteiger partial charge on any atom is 0.0424 e. The van der Waals surface area contributed by atoms with Crippen molar-refractivity contribution in [2.24, 2.45) is 10.9 Å². The van der Waals surface area contributed by atoms with Crippen LogP contribution in [0.3, 0.4) is 0 Å². The SMILES string of the molecule is C=CC1=NCC(CCCc2ccccc2)C1. The fourth-order valence-electron chi connectivity index (χ4n) is 2.25. The third kappa shape index (κ3) is 3.06. The highest BCUT2D eigenvalue weighted by Gasteiger charge is 2.15. The summed E-state index contributed by atoms with van der Waals surface area (Å²) in [6, 6.07) is 10.7. The monoisotopic (exact) mass is 213 g/mol. The molecule has 1 aliphatic rings. The number of nitrogens with zero attached hydrogens (tertiary/aromatic N) is 1. The van der Waals surface area contributed by atoms with E-state index in [9.17, 15) is 0 Å². The van der Waals surface area contributed by atoms with Gasteiger partial charge in [-0.05, 0) is 43.2 Å². The molecule has 0 aromatic heterocycles. The van der Waals surface area contributed by atoms with Crippen LogP contribution in [0.2, 0.25) is 0 Å². The lowest BCUT2D eigenvalue weighted by molar-refractivity contribution is 0.518. The Morgan fingerprint density at radius 1 is 1.31 bits per heavy atom. The second-order valence-electron chi connectivity index (χ2n) is 4.48. The maximum atomic E-state index is 4.46. The summed E-state index contributed by atoms with van der Waals surface area (Å²) in [7, 11) is 0. The molecule has 1 aromatic carbocycles. The van der Waals surface area contributed by atoms with Gasteiger partial charge in [0.1, 0.15) is 0 Å². The lowest BCUT2D eigenvalue weighted by Gasteiger charge is -2.07. The van der Waals surface area contributed by atoms with Gasteiger partial charge in [0, 0.05) is 12.3 Å². The van der Waals surface area contributed by atoms with E-state index in [1.807, 2.05) is 6.08 Å². The minimum absolute atomic E-state index is 0.761. The molecule has 0 fully saturated rings. The molecule has 1 nitrogen and oxygen atoms in total. The molecule has 1 heteroatoms. The molecule has 1 aromatic rings. The quantitative estimate of drug-likeness (QED) is 0.708. The van der Waals surface area contributed by atoms with Gasteiger partial charge in [0.25, 0.3) is 0 Å². The zero-order chi connectivity index (χ0) is 11.2. The van der Waals surface area contributed by atoms with Crippen molar-refractivity contribution in [2.75, 3.05) is 6.54 Å². The average Bonchev–Trinajstić information content (AvgIpc) is 2.78. The molecule has 2 rings (SSSR count). The third-order valence-corrected chi connectivity index (χ3v) is 3.21. The molecule has 0 saturated heterocycles. The lowest BCUT2D eigenvalue weighted by atomic mass is 9.97. The first-order valence-corrected chi connectivity index (χ1v) is 6.08. The van der Waals surface area contributed by atoms with E-state index in [2.05, 4.69) is 41.9 Å². The Kier molecular flexibility index (Phi) is 3.92. The van der Waals surface area contributed by atoms with Crippen LogP contribution in [0.1, 0.15) is 24.8 Å². The summed E-state index contributed by atoms with van der Waals surface area (Å²) in [6.45, 7) is 4.78. The Morgan fingerprint density at radius 2 is 2.12 bits per heavy atom. The molecule has 0 bridgehead atoms. The van der Waals surface area contributed by atoms with E-state index in [0.717, 1.165) is 18.9 Å². The first kappa shape index (κ1) is 11.1. The summed E-state index contributed by atoms with van der Waals surface area (Å²) in [5.41, 5.74) is 2.65. The molecule has 1 unspecified atom stereocenters. The summed E-state index contributed by atoms with van der Waals surface area (Å²) in [4.78, 5) is 4.46. The van der Waals surface area contributed by atoms with Crippen LogP contribution < -0.4 is 0 Å². The number of hydrogen-bond acceptors (Lipinski definition) is 1. The van der Waals surface area contributed by atoms with Gasteiger partial charge in [-0.1, -0.05) is 36.9 Å². The van der Waals surface area contributed by atoms with Crippen molar-refractivity contribution in [1.29, 1.82) is 0 Å². The molecule has 0 radical (unpaired) electrons. The third-order valence-electron chi connectivity index (χ3n) is 3.21. The van der Waals surface area contributed by atoms with Crippen LogP contribution in [-0.2, 0) is 6.42 Å². The molecule has 0 amide bonds. The van der Waals surface area contributed by atoms with Crippen LogP contribution in [0.25, 0.3) is 0 Å². The number of aliphatic imine (C=N–C) groups is 1. The van der Waals surface area contributed by atoms with Crippen molar-refractivity contribution in [3.63, 3.8) is 0 Å². The highest BCUT2D eigenvalue weighted by molar-refractivity contribution is 5.95. The van der Waals surface area contributed by atoms with Gasteiger partial charge in [-0.3, -0.25) is 4.99 Å². The second-order valence-corrected chi connectivity index (χ2v) is 4.48. The van der Waals surface area contributed by atoms with Gasteiger partial charge in [-0.15, -0.1) is 0 Å². The van der Waals surface area contributed by atoms with Gasteiger partial charge >= 0.3 is 0 Å². The van der Waals surface area contributed by atoms with E-state index in [-0.39, 0.29) is 0 Å². The molecular formula is C15H19N. The van der Waals surface area contributed by atoms with Crippen LogP contribution in [-0.4, -0.2) is 12.3 Å².